The fourth-order valence-electron chi connectivity index (χ4n) is 2.69. The fourth-order valence-corrected chi connectivity index (χ4v) is 2.69. The molecule has 0 spiro atoms. The fraction of sp³-hybridized carbons (Fsp3) is 0.588. The normalized spacial score (nSPS) is 22.4. The van der Waals surface area contributed by atoms with Crippen LogP contribution >= 0.6 is 0 Å². The number of aliphatic hydroxyl groups is 1. The molecule has 0 radical (unpaired) electrons. The van der Waals surface area contributed by atoms with Crippen molar-refractivity contribution in [2.45, 2.75) is 45.0 Å². The van der Waals surface area contributed by atoms with Crippen LogP contribution < -0.4 is 10.2 Å². The number of hydrogen-bond donors (Lipinski definition) is 1. The first-order chi connectivity index (χ1) is 11.2. The van der Waals surface area contributed by atoms with E-state index in [4.69, 9.17) is 19.2 Å². The maximum atomic E-state index is 11.3. The van der Waals surface area contributed by atoms with E-state index < -0.39 is 6.61 Å². The van der Waals surface area contributed by atoms with Gasteiger partial charge in [0.05, 0.1) is 24.3 Å². The third-order valence-electron chi connectivity index (χ3n) is 5.04. The summed E-state index contributed by atoms with van der Waals surface area (Å²) >= 11 is 0. The van der Waals surface area contributed by atoms with Crippen LogP contribution in [0, 0.1) is 0 Å². The second-order valence-electron chi connectivity index (χ2n) is 7.35. The van der Waals surface area contributed by atoms with Crippen LogP contribution in [0.2, 0.25) is 0 Å². The lowest BCUT2D eigenvalue weighted by atomic mass is 9.79. The zero-order valence-corrected chi connectivity index (χ0v) is 14.6. The van der Waals surface area contributed by atoms with Gasteiger partial charge in [-0.3, -0.25) is 4.79 Å². The molecule has 1 aromatic rings. The van der Waals surface area contributed by atoms with Crippen molar-refractivity contribution in [2.24, 2.45) is 0 Å². The molecule has 24 heavy (non-hydrogen) atoms. The Morgan fingerprint density at radius 2 is 1.75 bits per heavy atom. The van der Waals surface area contributed by atoms with Crippen molar-refractivity contribution in [1.29, 1.82) is 0 Å². The molecule has 2 saturated heterocycles. The minimum atomic E-state index is -0.449. The maximum absolute atomic E-state index is 11.3. The van der Waals surface area contributed by atoms with E-state index in [1.165, 1.54) is 0 Å². The molecule has 2 aliphatic heterocycles. The average Bonchev–Trinajstić information content (AvgIpc) is 2.70. The highest BCUT2D eigenvalue weighted by Crippen LogP contribution is 2.36. The maximum Gasteiger partial charge on any atom is 0.494 e. The SMILES string of the molecule is CC1(C)OB(c2ccc(OC3CN(C(=O)CO)C3)cc2)OC1(C)C. The van der Waals surface area contributed by atoms with Gasteiger partial charge in [-0.2, -0.15) is 0 Å². The predicted molar refractivity (Wildman–Crippen MR) is 90.2 cm³/mol. The third-order valence-corrected chi connectivity index (χ3v) is 5.04. The van der Waals surface area contributed by atoms with Gasteiger partial charge in [0.1, 0.15) is 18.5 Å². The first-order valence-electron chi connectivity index (χ1n) is 8.23. The van der Waals surface area contributed by atoms with E-state index in [0.29, 0.717) is 13.1 Å². The van der Waals surface area contributed by atoms with Gasteiger partial charge in [0.2, 0.25) is 5.91 Å². The molecule has 2 aliphatic rings. The highest BCUT2D eigenvalue weighted by atomic mass is 16.7. The monoisotopic (exact) mass is 333 g/mol. The van der Waals surface area contributed by atoms with Crippen LogP contribution in [-0.4, -0.2) is 60.0 Å². The summed E-state index contributed by atoms with van der Waals surface area (Å²) in [5, 5.41) is 8.80. The summed E-state index contributed by atoms with van der Waals surface area (Å²) in [6, 6.07) is 7.65. The number of aliphatic hydroxyl groups excluding tert-OH is 1. The first kappa shape index (κ1) is 17.3. The molecule has 0 aromatic heterocycles. The molecule has 3 rings (SSSR count). The highest BCUT2D eigenvalue weighted by Gasteiger charge is 2.51. The molecule has 2 fully saturated rings. The summed E-state index contributed by atoms with van der Waals surface area (Å²) in [5.74, 6) is 0.488. The molecular weight excluding hydrogens is 309 g/mol. The number of benzene rings is 1. The molecule has 1 amide bonds. The van der Waals surface area contributed by atoms with Crippen LogP contribution in [0.5, 0.6) is 5.75 Å². The average molecular weight is 333 g/mol. The second-order valence-corrected chi connectivity index (χ2v) is 7.35. The Balaban J connectivity index is 1.56. The van der Waals surface area contributed by atoms with Gasteiger partial charge in [0.15, 0.2) is 0 Å². The van der Waals surface area contributed by atoms with Gasteiger partial charge < -0.3 is 24.1 Å². The van der Waals surface area contributed by atoms with Gasteiger partial charge >= 0.3 is 7.12 Å². The van der Waals surface area contributed by atoms with Crippen LogP contribution in [-0.2, 0) is 14.1 Å². The van der Waals surface area contributed by atoms with Crippen LogP contribution in [0.15, 0.2) is 24.3 Å². The largest absolute Gasteiger partial charge is 0.494 e. The Labute approximate surface area is 142 Å². The number of carbonyl (C=O) groups excluding carboxylic acids is 1. The molecule has 6 nitrogen and oxygen atoms in total. The molecule has 7 heteroatoms. The molecule has 2 heterocycles. The Kier molecular flexibility index (Phi) is 4.36. The summed E-state index contributed by atoms with van der Waals surface area (Å²) in [4.78, 5) is 12.9. The number of carbonyl (C=O) groups is 1. The van der Waals surface area contributed by atoms with Crippen LogP contribution in [0.3, 0.4) is 0 Å². The van der Waals surface area contributed by atoms with Crippen molar-refractivity contribution in [3.05, 3.63) is 24.3 Å². The Morgan fingerprint density at radius 1 is 1.21 bits per heavy atom. The Hall–Kier alpha value is -1.57. The zero-order valence-electron chi connectivity index (χ0n) is 14.6. The van der Waals surface area contributed by atoms with Crippen molar-refractivity contribution in [3.63, 3.8) is 0 Å². The van der Waals surface area contributed by atoms with E-state index in [9.17, 15) is 4.79 Å². The van der Waals surface area contributed by atoms with E-state index in [1.54, 1.807) is 4.90 Å². The van der Waals surface area contributed by atoms with E-state index in [2.05, 4.69) is 0 Å². The molecule has 0 saturated carbocycles. The van der Waals surface area contributed by atoms with Crippen molar-refractivity contribution in [2.75, 3.05) is 19.7 Å². The molecule has 1 N–H and O–H groups in total. The van der Waals surface area contributed by atoms with Gasteiger partial charge in [-0.05, 0) is 45.3 Å². The van der Waals surface area contributed by atoms with Gasteiger partial charge in [-0.25, -0.2) is 0 Å². The van der Waals surface area contributed by atoms with Gasteiger partial charge in [0.25, 0.3) is 0 Å². The van der Waals surface area contributed by atoms with Gasteiger partial charge in [-0.1, -0.05) is 12.1 Å². The van der Waals surface area contributed by atoms with E-state index in [-0.39, 0.29) is 30.3 Å². The van der Waals surface area contributed by atoms with Crippen molar-refractivity contribution < 1.29 is 23.9 Å². The van der Waals surface area contributed by atoms with Crippen LogP contribution in [0.1, 0.15) is 27.7 Å². The summed E-state index contributed by atoms with van der Waals surface area (Å²) < 4.78 is 17.9. The topological polar surface area (TPSA) is 68.2 Å². The number of hydrogen-bond acceptors (Lipinski definition) is 5. The van der Waals surface area contributed by atoms with Crippen LogP contribution in [0.4, 0.5) is 0 Å². The minimum absolute atomic E-state index is 0.0248. The lowest BCUT2D eigenvalue weighted by Crippen LogP contribution is -2.56. The van der Waals surface area contributed by atoms with Gasteiger partial charge in [-0.15, -0.1) is 0 Å². The number of amides is 1. The predicted octanol–water partition coefficient (Wildman–Crippen LogP) is 0.568. The molecule has 0 aliphatic carbocycles. The lowest BCUT2D eigenvalue weighted by Gasteiger charge is -2.38. The quantitative estimate of drug-likeness (QED) is 0.816. The molecule has 130 valence electrons. The van der Waals surface area contributed by atoms with E-state index in [0.717, 1.165) is 11.2 Å². The summed E-state index contributed by atoms with van der Waals surface area (Å²) in [7, 11) is -0.384. The standard InChI is InChI=1S/C17H24BNO5/c1-16(2)17(3,4)24-18(23-16)12-5-7-13(8-6-12)22-14-9-19(10-14)15(21)11-20/h5-8,14,20H,9-11H2,1-4H3. The number of nitrogens with zero attached hydrogens (tertiary/aromatic N) is 1. The van der Waals surface area contributed by atoms with Crippen LogP contribution in [0.25, 0.3) is 0 Å². The van der Waals surface area contributed by atoms with Crippen molar-refractivity contribution in [1.82, 2.24) is 4.90 Å². The number of rotatable bonds is 4. The molecule has 0 bridgehead atoms. The Bertz CT molecular complexity index is 594. The highest BCUT2D eigenvalue weighted by molar-refractivity contribution is 6.62. The van der Waals surface area contributed by atoms with Gasteiger partial charge in [0, 0.05) is 0 Å². The molecule has 0 atom stereocenters. The smallest absolute Gasteiger partial charge is 0.487 e. The number of ether oxygens (including phenoxy) is 1. The third kappa shape index (κ3) is 3.16. The number of likely N-dealkylation sites (tertiary alicyclic amines) is 1. The second kappa shape index (κ2) is 6.06. The minimum Gasteiger partial charge on any atom is -0.487 e. The van der Waals surface area contributed by atoms with Crippen molar-refractivity contribution in [3.8, 4) is 5.75 Å². The Morgan fingerprint density at radius 3 is 2.25 bits per heavy atom. The van der Waals surface area contributed by atoms with Crippen molar-refractivity contribution >= 4 is 18.5 Å². The zero-order chi connectivity index (χ0) is 17.5. The summed E-state index contributed by atoms with van der Waals surface area (Å²) in [6.07, 6.45) is -0.0248. The first-order valence-corrected chi connectivity index (χ1v) is 8.23. The lowest BCUT2D eigenvalue weighted by molar-refractivity contribution is -0.142. The summed E-state index contributed by atoms with van der Waals surface area (Å²) in [5.41, 5.74) is 0.231. The molecular formula is C17H24BNO5. The van der Waals surface area contributed by atoms with E-state index >= 15 is 0 Å². The molecule has 1 aromatic carbocycles. The molecule has 0 unspecified atom stereocenters. The summed E-state index contributed by atoms with van der Waals surface area (Å²) in [6.45, 7) is 8.69. The van der Waals surface area contributed by atoms with E-state index in [1.807, 2.05) is 52.0 Å².